The molecule has 2 aliphatic heterocycles. The van der Waals surface area contributed by atoms with E-state index in [9.17, 15) is 14.4 Å². The summed E-state index contributed by atoms with van der Waals surface area (Å²) < 4.78 is 5.43. The average Bonchev–Trinajstić information content (AvgIpc) is 3.23. The molecule has 0 radical (unpaired) electrons. The molecule has 144 valence electrons. The molecule has 1 saturated heterocycles. The summed E-state index contributed by atoms with van der Waals surface area (Å²) in [5.74, 6) is -0.378. The molecule has 2 amide bonds. The van der Waals surface area contributed by atoms with Gasteiger partial charge in [-0.3, -0.25) is 24.7 Å². The van der Waals surface area contributed by atoms with Crippen molar-refractivity contribution in [3.05, 3.63) is 35.4 Å². The molecule has 1 aliphatic carbocycles. The second-order valence-electron chi connectivity index (χ2n) is 7.50. The molecule has 27 heavy (non-hydrogen) atoms. The summed E-state index contributed by atoms with van der Waals surface area (Å²) in [5.41, 5.74) is 7.23. The highest BCUT2D eigenvalue weighted by molar-refractivity contribution is 6.21. The van der Waals surface area contributed by atoms with Gasteiger partial charge in [-0.25, -0.2) is 5.43 Å². The number of unbranched alkanes of at least 4 members (excludes halogenated alkanes) is 1. The van der Waals surface area contributed by atoms with E-state index in [1.165, 1.54) is 11.3 Å². The van der Waals surface area contributed by atoms with E-state index in [4.69, 9.17) is 4.74 Å². The van der Waals surface area contributed by atoms with E-state index >= 15 is 0 Å². The minimum Gasteiger partial charge on any atom is -0.464 e. The van der Waals surface area contributed by atoms with Crippen molar-refractivity contribution in [2.75, 3.05) is 13.2 Å². The maximum Gasteiger partial charge on any atom is 0.324 e. The number of nitrogens with zero attached hydrogens (tertiary/aromatic N) is 1. The molecule has 0 aromatic heterocycles. The fourth-order valence-corrected chi connectivity index (χ4v) is 4.35. The summed E-state index contributed by atoms with van der Waals surface area (Å²) in [6.07, 6.45) is 5.74. The Bertz CT molecular complexity index is 715. The van der Waals surface area contributed by atoms with Gasteiger partial charge in [0, 0.05) is 18.5 Å². The molecule has 1 aromatic rings. The van der Waals surface area contributed by atoms with Gasteiger partial charge in [0.25, 0.3) is 11.8 Å². The zero-order valence-electron chi connectivity index (χ0n) is 15.3. The Morgan fingerprint density at radius 3 is 2.48 bits per heavy atom. The van der Waals surface area contributed by atoms with Crippen LogP contribution in [0.25, 0.3) is 0 Å². The normalized spacial score (nSPS) is 26.8. The zero-order chi connectivity index (χ0) is 18.8. The summed E-state index contributed by atoms with van der Waals surface area (Å²) in [6, 6.07) is 6.97. The van der Waals surface area contributed by atoms with E-state index in [1.54, 1.807) is 24.3 Å². The van der Waals surface area contributed by atoms with Crippen LogP contribution in [0.2, 0.25) is 0 Å². The summed E-state index contributed by atoms with van der Waals surface area (Å²) in [5, 5.41) is 0. The lowest BCUT2D eigenvalue weighted by atomic mass is 9.82. The monoisotopic (exact) mass is 371 g/mol. The number of fused-ring (bicyclic) bond motifs is 2. The fourth-order valence-electron chi connectivity index (χ4n) is 4.35. The molecule has 3 atom stereocenters. The van der Waals surface area contributed by atoms with Gasteiger partial charge in [-0.1, -0.05) is 25.0 Å². The van der Waals surface area contributed by atoms with Crippen molar-refractivity contribution in [3.8, 4) is 0 Å². The molecule has 1 saturated carbocycles. The van der Waals surface area contributed by atoms with E-state index in [2.05, 4.69) is 10.9 Å². The number of imide groups is 1. The number of nitrogens with one attached hydrogen (secondary N) is 2. The van der Waals surface area contributed by atoms with Crippen LogP contribution in [0.5, 0.6) is 0 Å². The quantitative estimate of drug-likeness (QED) is 0.449. The van der Waals surface area contributed by atoms with Gasteiger partial charge >= 0.3 is 5.97 Å². The largest absolute Gasteiger partial charge is 0.464 e. The molecule has 7 nitrogen and oxygen atoms in total. The summed E-state index contributed by atoms with van der Waals surface area (Å²) in [4.78, 5) is 38.2. The smallest absolute Gasteiger partial charge is 0.324 e. The van der Waals surface area contributed by atoms with E-state index in [-0.39, 0.29) is 23.8 Å². The lowest BCUT2D eigenvalue weighted by Gasteiger charge is -2.26. The maximum atomic E-state index is 12.3. The van der Waals surface area contributed by atoms with Crippen LogP contribution in [0.3, 0.4) is 0 Å². The third kappa shape index (κ3) is 3.49. The zero-order valence-corrected chi connectivity index (χ0v) is 15.3. The van der Waals surface area contributed by atoms with Crippen molar-refractivity contribution in [3.63, 3.8) is 0 Å². The molecule has 4 rings (SSSR count). The number of rotatable bonds is 6. The Balaban J connectivity index is 1.20. The first-order valence-electron chi connectivity index (χ1n) is 9.80. The van der Waals surface area contributed by atoms with Gasteiger partial charge in [0.1, 0.15) is 6.04 Å². The van der Waals surface area contributed by atoms with Gasteiger partial charge < -0.3 is 4.74 Å². The van der Waals surface area contributed by atoms with Crippen LogP contribution >= 0.6 is 0 Å². The number of carbonyl (C=O) groups is 3. The maximum absolute atomic E-state index is 12.3. The van der Waals surface area contributed by atoms with Gasteiger partial charge in [0.05, 0.1) is 17.7 Å². The molecule has 3 unspecified atom stereocenters. The Labute approximate surface area is 158 Å². The highest BCUT2D eigenvalue weighted by atomic mass is 16.5. The third-order valence-corrected chi connectivity index (χ3v) is 5.82. The number of esters is 1. The lowest BCUT2D eigenvalue weighted by Crippen LogP contribution is -2.40. The second kappa shape index (κ2) is 7.78. The molecular weight excluding hydrogens is 346 g/mol. The molecule has 1 aromatic carbocycles. The lowest BCUT2D eigenvalue weighted by molar-refractivity contribution is -0.147. The van der Waals surface area contributed by atoms with Gasteiger partial charge in [0.15, 0.2) is 0 Å². The highest BCUT2D eigenvalue weighted by Gasteiger charge is 2.41. The topological polar surface area (TPSA) is 87.7 Å². The number of hydrazine groups is 1. The van der Waals surface area contributed by atoms with Crippen molar-refractivity contribution >= 4 is 17.8 Å². The number of amides is 2. The molecule has 2 heterocycles. The predicted molar refractivity (Wildman–Crippen MR) is 97.8 cm³/mol. The summed E-state index contributed by atoms with van der Waals surface area (Å²) in [6.45, 7) is 0.648. The van der Waals surface area contributed by atoms with Crippen LogP contribution in [0.1, 0.15) is 59.2 Å². The highest BCUT2D eigenvalue weighted by Crippen LogP contribution is 2.30. The fraction of sp³-hybridized carbons (Fsp3) is 0.550. The Morgan fingerprint density at radius 1 is 1.04 bits per heavy atom. The Morgan fingerprint density at radius 2 is 1.74 bits per heavy atom. The summed E-state index contributed by atoms with van der Waals surface area (Å²) in [7, 11) is 0. The van der Waals surface area contributed by atoms with Crippen LogP contribution in [0.15, 0.2) is 24.3 Å². The van der Waals surface area contributed by atoms with Crippen LogP contribution in [-0.4, -0.2) is 47.9 Å². The molecule has 3 aliphatic rings. The Hall–Kier alpha value is -2.25. The van der Waals surface area contributed by atoms with Gasteiger partial charge in [-0.15, -0.1) is 0 Å². The van der Waals surface area contributed by atoms with Crippen LogP contribution in [-0.2, 0) is 9.53 Å². The van der Waals surface area contributed by atoms with E-state index in [0.29, 0.717) is 49.1 Å². The van der Waals surface area contributed by atoms with Crippen LogP contribution in [0, 0.1) is 5.92 Å². The molecule has 2 N–H and O–H groups in total. The number of hydrogen-bond acceptors (Lipinski definition) is 6. The van der Waals surface area contributed by atoms with Gasteiger partial charge in [-0.05, 0) is 37.8 Å². The van der Waals surface area contributed by atoms with E-state index in [1.807, 2.05) is 0 Å². The van der Waals surface area contributed by atoms with Crippen molar-refractivity contribution in [2.24, 2.45) is 5.92 Å². The number of carbonyl (C=O) groups excluding carboxylic acids is 3. The predicted octanol–water partition coefficient (Wildman–Crippen LogP) is 1.64. The standard InChI is InChI=1S/C20H25N3O4/c24-18-13-7-1-2-8-14(13)19(25)23(18)11-5-6-12-27-20(26)17-15-9-3-4-10-16(15)21-22-17/h1-2,7-8,15-17,21-22H,3-6,9-12H2. The van der Waals surface area contributed by atoms with E-state index in [0.717, 1.165) is 19.3 Å². The average molecular weight is 371 g/mol. The molecule has 0 spiro atoms. The van der Waals surface area contributed by atoms with Crippen LogP contribution < -0.4 is 10.9 Å². The van der Waals surface area contributed by atoms with Crippen molar-refractivity contribution in [1.29, 1.82) is 0 Å². The molecule has 2 fully saturated rings. The van der Waals surface area contributed by atoms with Crippen molar-refractivity contribution in [1.82, 2.24) is 15.8 Å². The summed E-state index contributed by atoms with van der Waals surface area (Å²) >= 11 is 0. The molecule has 7 heteroatoms. The Kier molecular flexibility index (Phi) is 5.22. The first-order valence-corrected chi connectivity index (χ1v) is 9.80. The minimum atomic E-state index is -0.272. The molecule has 0 bridgehead atoms. The first-order chi connectivity index (χ1) is 13.2. The number of benzene rings is 1. The second-order valence-corrected chi connectivity index (χ2v) is 7.50. The SMILES string of the molecule is O=C(OCCCCN1C(=O)c2ccccc2C1=O)C1NNC2CCCCC21. The van der Waals surface area contributed by atoms with Gasteiger partial charge in [0.2, 0.25) is 0 Å². The third-order valence-electron chi connectivity index (χ3n) is 5.82. The van der Waals surface area contributed by atoms with Crippen LogP contribution in [0.4, 0.5) is 0 Å². The van der Waals surface area contributed by atoms with Gasteiger partial charge in [-0.2, -0.15) is 0 Å². The number of hydrogen-bond donors (Lipinski definition) is 2. The number of ether oxygens (including phenoxy) is 1. The van der Waals surface area contributed by atoms with Crippen molar-refractivity contribution in [2.45, 2.75) is 50.6 Å². The minimum absolute atomic E-state index is 0.211. The van der Waals surface area contributed by atoms with Crippen molar-refractivity contribution < 1.29 is 19.1 Å². The molecular formula is C20H25N3O4. The van der Waals surface area contributed by atoms with E-state index < -0.39 is 0 Å². The first kappa shape index (κ1) is 18.1.